The Kier molecular flexibility index (Phi) is 4.93. The first-order valence-corrected chi connectivity index (χ1v) is 8.03. The molecule has 1 amide bonds. The van der Waals surface area contributed by atoms with E-state index >= 15 is 0 Å². The lowest BCUT2D eigenvalue weighted by Gasteiger charge is -2.11. The summed E-state index contributed by atoms with van der Waals surface area (Å²) in [6, 6.07) is 7.89. The van der Waals surface area contributed by atoms with Gasteiger partial charge in [-0.05, 0) is 37.3 Å². The maximum absolute atomic E-state index is 13.0. The number of alkyl halides is 3. The zero-order valence-electron chi connectivity index (χ0n) is 14.6. The summed E-state index contributed by atoms with van der Waals surface area (Å²) in [5, 5.41) is 2.67. The Morgan fingerprint density at radius 1 is 1.19 bits per heavy atom. The summed E-state index contributed by atoms with van der Waals surface area (Å²) in [5.74, 6) is 0.431. The fourth-order valence-electron chi connectivity index (χ4n) is 2.60. The van der Waals surface area contributed by atoms with Crippen LogP contribution < -0.4 is 5.32 Å². The van der Waals surface area contributed by atoms with Gasteiger partial charge in [0.25, 0.3) is 0 Å². The van der Waals surface area contributed by atoms with Gasteiger partial charge in [0, 0.05) is 36.3 Å². The van der Waals surface area contributed by atoms with Crippen molar-refractivity contribution in [2.75, 3.05) is 5.32 Å². The van der Waals surface area contributed by atoms with Crippen LogP contribution in [0.15, 0.2) is 42.7 Å². The van der Waals surface area contributed by atoms with E-state index in [1.165, 1.54) is 13.8 Å². The van der Waals surface area contributed by atoms with E-state index < -0.39 is 11.9 Å². The van der Waals surface area contributed by atoms with Gasteiger partial charge in [-0.2, -0.15) is 13.2 Å². The highest BCUT2D eigenvalue weighted by Gasteiger charge is 2.33. The molecule has 0 aliphatic carbocycles. The van der Waals surface area contributed by atoms with Crippen LogP contribution in [0.25, 0.3) is 11.4 Å². The number of amides is 1. The van der Waals surface area contributed by atoms with Crippen LogP contribution in [0.5, 0.6) is 0 Å². The van der Waals surface area contributed by atoms with Gasteiger partial charge in [-0.15, -0.1) is 0 Å². The number of benzene rings is 1. The first-order chi connectivity index (χ1) is 12.7. The van der Waals surface area contributed by atoms with Crippen molar-refractivity contribution >= 4 is 11.6 Å². The third kappa shape index (κ3) is 4.49. The van der Waals surface area contributed by atoms with Gasteiger partial charge in [0.15, 0.2) is 0 Å². The highest BCUT2D eigenvalue weighted by atomic mass is 19.4. The lowest BCUT2D eigenvalue weighted by atomic mass is 10.2. The summed E-state index contributed by atoms with van der Waals surface area (Å²) in [6.07, 6.45) is -1.33. The minimum atomic E-state index is -4.53. The molecule has 3 aromatic rings. The molecule has 1 aromatic carbocycles. The summed E-state index contributed by atoms with van der Waals surface area (Å²) in [4.78, 5) is 23.1. The normalized spacial score (nSPS) is 11.4. The van der Waals surface area contributed by atoms with Crippen LogP contribution in [0, 0.1) is 6.92 Å². The smallest absolute Gasteiger partial charge is 0.326 e. The zero-order valence-corrected chi connectivity index (χ0v) is 14.6. The van der Waals surface area contributed by atoms with Crippen molar-refractivity contribution < 1.29 is 18.0 Å². The summed E-state index contributed by atoms with van der Waals surface area (Å²) < 4.78 is 40.5. The molecule has 140 valence electrons. The largest absolute Gasteiger partial charge is 0.433 e. The number of imidazole rings is 1. The number of anilines is 1. The second-order valence-corrected chi connectivity index (χ2v) is 5.95. The Hall–Kier alpha value is -3.23. The molecule has 0 bridgehead atoms. The molecule has 0 saturated heterocycles. The fourth-order valence-corrected chi connectivity index (χ4v) is 2.60. The molecule has 0 saturated carbocycles. The number of rotatable bonds is 4. The van der Waals surface area contributed by atoms with Gasteiger partial charge in [0.05, 0.1) is 6.54 Å². The highest BCUT2D eigenvalue weighted by molar-refractivity contribution is 5.88. The van der Waals surface area contributed by atoms with E-state index in [2.05, 4.69) is 20.3 Å². The topological polar surface area (TPSA) is 72.7 Å². The number of carbonyl (C=O) groups excluding carboxylic acids is 1. The van der Waals surface area contributed by atoms with Gasteiger partial charge < -0.3 is 9.88 Å². The Morgan fingerprint density at radius 3 is 2.52 bits per heavy atom. The van der Waals surface area contributed by atoms with Gasteiger partial charge in [-0.1, -0.05) is 0 Å². The Bertz CT molecular complexity index is 964. The number of nitrogens with one attached hydrogen (secondary N) is 1. The number of hydrogen-bond donors (Lipinski definition) is 1. The SMILES string of the molecule is CC(=O)Nc1ccc(-c2nccn2Cc2nc(C)cc(C(F)(F)F)n2)cc1. The molecule has 3 rings (SSSR count). The molecule has 0 atom stereocenters. The van der Waals surface area contributed by atoms with E-state index in [4.69, 9.17) is 0 Å². The molecule has 27 heavy (non-hydrogen) atoms. The first-order valence-electron chi connectivity index (χ1n) is 8.03. The molecule has 2 heterocycles. The quantitative estimate of drug-likeness (QED) is 0.755. The number of aryl methyl sites for hydroxylation is 1. The Morgan fingerprint density at radius 2 is 1.89 bits per heavy atom. The lowest BCUT2D eigenvalue weighted by Crippen LogP contribution is -2.14. The molecule has 6 nitrogen and oxygen atoms in total. The zero-order chi connectivity index (χ0) is 19.6. The second-order valence-electron chi connectivity index (χ2n) is 5.95. The molecule has 0 unspecified atom stereocenters. The molecular weight excluding hydrogens is 359 g/mol. The average Bonchev–Trinajstić information content (AvgIpc) is 3.02. The number of hydrogen-bond acceptors (Lipinski definition) is 4. The van der Waals surface area contributed by atoms with Crippen molar-refractivity contribution in [1.82, 2.24) is 19.5 Å². The van der Waals surface area contributed by atoms with E-state index in [0.29, 0.717) is 11.5 Å². The maximum atomic E-state index is 13.0. The van der Waals surface area contributed by atoms with Crippen molar-refractivity contribution in [3.8, 4) is 11.4 Å². The van der Waals surface area contributed by atoms with Crippen LogP contribution in [-0.4, -0.2) is 25.4 Å². The monoisotopic (exact) mass is 375 g/mol. The molecule has 0 radical (unpaired) electrons. The summed E-state index contributed by atoms with van der Waals surface area (Å²) in [6.45, 7) is 2.96. The van der Waals surface area contributed by atoms with E-state index in [-0.39, 0.29) is 24.0 Å². The number of halogens is 3. The predicted octanol–water partition coefficient (Wildman–Crippen LogP) is 3.67. The minimum Gasteiger partial charge on any atom is -0.326 e. The van der Waals surface area contributed by atoms with Crippen LogP contribution >= 0.6 is 0 Å². The lowest BCUT2D eigenvalue weighted by molar-refractivity contribution is -0.141. The third-order valence-electron chi connectivity index (χ3n) is 3.68. The molecule has 0 fully saturated rings. The second kappa shape index (κ2) is 7.18. The molecule has 1 N–H and O–H groups in total. The first kappa shape index (κ1) is 18.6. The Balaban J connectivity index is 1.88. The molecule has 9 heteroatoms. The van der Waals surface area contributed by atoms with Gasteiger partial charge in [0.1, 0.15) is 17.3 Å². The molecule has 2 aromatic heterocycles. The van der Waals surface area contributed by atoms with Gasteiger partial charge >= 0.3 is 6.18 Å². The average molecular weight is 375 g/mol. The van der Waals surface area contributed by atoms with Crippen molar-refractivity contribution in [2.45, 2.75) is 26.6 Å². The van der Waals surface area contributed by atoms with Gasteiger partial charge in [-0.25, -0.2) is 15.0 Å². The number of aromatic nitrogens is 4. The van der Waals surface area contributed by atoms with E-state index in [1.807, 2.05) is 0 Å². The van der Waals surface area contributed by atoms with Crippen LogP contribution in [0.3, 0.4) is 0 Å². The Labute approximate surface area is 153 Å². The van der Waals surface area contributed by atoms with E-state index in [9.17, 15) is 18.0 Å². The van der Waals surface area contributed by atoms with Crippen molar-refractivity contribution in [3.63, 3.8) is 0 Å². The van der Waals surface area contributed by atoms with E-state index in [1.54, 1.807) is 41.2 Å². The number of carbonyl (C=O) groups is 1. The maximum Gasteiger partial charge on any atom is 0.433 e. The van der Waals surface area contributed by atoms with Crippen molar-refractivity contribution in [1.29, 1.82) is 0 Å². The molecule has 0 aliphatic rings. The fraction of sp³-hybridized carbons (Fsp3) is 0.222. The number of nitrogens with zero attached hydrogens (tertiary/aromatic N) is 4. The van der Waals surface area contributed by atoms with Gasteiger partial charge in [-0.3, -0.25) is 4.79 Å². The standard InChI is InChI=1S/C18H16F3N5O/c1-11-9-15(18(19,20)21)25-16(23-11)10-26-8-7-22-17(26)13-3-5-14(6-4-13)24-12(2)27/h3-9H,10H2,1-2H3,(H,24,27). The van der Waals surface area contributed by atoms with Crippen LogP contribution in [0.4, 0.5) is 18.9 Å². The van der Waals surface area contributed by atoms with Crippen molar-refractivity contribution in [3.05, 3.63) is 59.9 Å². The summed E-state index contributed by atoms with van der Waals surface area (Å²) >= 11 is 0. The van der Waals surface area contributed by atoms with Crippen LogP contribution in [-0.2, 0) is 17.5 Å². The van der Waals surface area contributed by atoms with Gasteiger partial charge in [0.2, 0.25) is 5.91 Å². The summed E-state index contributed by atoms with van der Waals surface area (Å²) in [7, 11) is 0. The minimum absolute atomic E-state index is 0.0491. The summed E-state index contributed by atoms with van der Waals surface area (Å²) in [5.41, 5.74) is 0.666. The molecule has 0 aliphatic heterocycles. The van der Waals surface area contributed by atoms with Crippen LogP contribution in [0.2, 0.25) is 0 Å². The highest BCUT2D eigenvalue weighted by Crippen LogP contribution is 2.28. The van der Waals surface area contributed by atoms with Crippen molar-refractivity contribution in [2.24, 2.45) is 0 Å². The van der Waals surface area contributed by atoms with Crippen LogP contribution in [0.1, 0.15) is 24.1 Å². The van der Waals surface area contributed by atoms with E-state index in [0.717, 1.165) is 11.6 Å². The molecule has 0 spiro atoms. The predicted molar refractivity (Wildman–Crippen MR) is 92.8 cm³/mol. The third-order valence-corrected chi connectivity index (χ3v) is 3.68. The molecular formula is C18H16F3N5O.